The Balaban J connectivity index is 1.79. The topological polar surface area (TPSA) is 0 Å². The van der Waals surface area contributed by atoms with E-state index in [4.69, 9.17) is 11.6 Å². The maximum Gasteiger partial charge on any atom is 0.0364 e. The first-order valence-corrected chi connectivity index (χ1v) is 7.33. The van der Waals surface area contributed by atoms with E-state index >= 15 is 0 Å². The lowest BCUT2D eigenvalue weighted by Gasteiger charge is -2.33. The van der Waals surface area contributed by atoms with Gasteiger partial charge in [-0.05, 0) is 43.4 Å². The molecule has 4 atom stereocenters. The standard InChI is InChI=1S/C14H25Cl/c1-11-5-4-6-12(9-11)10-13-7-2-3-8-14(13)15/h11-14H,2-10H2,1H3. The van der Waals surface area contributed by atoms with E-state index < -0.39 is 0 Å². The van der Waals surface area contributed by atoms with Gasteiger partial charge in [0.15, 0.2) is 0 Å². The minimum atomic E-state index is 0.496. The number of alkyl halides is 1. The average Bonchev–Trinajstić information content (AvgIpc) is 2.22. The van der Waals surface area contributed by atoms with Crippen LogP contribution in [-0.4, -0.2) is 5.38 Å². The first kappa shape index (κ1) is 11.8. The summed E-state index contributed by atoms with van der Waals surface area (Å²) >= 11 is 6.44. The van der Waals surface area contributed by atoms with E-state index in [9.17, 15) is 0 Å². The van der Waals surface area contributed by atoms with E-state index in [1.165, 1.54) is 57.8 Å². The highest BCUT2D eigenvalue weighted by Crippen LogP contribution is 2.38. The fourth-order valence-electron chi connectivity index (χ4n) is 3.63. The molecular formula is C14H25Cl. The van der Waals surface area contributed by atoms with Crippen LogP contribution < -0.4 is 0 Å². The van der Waals surface area contributed by atoms with Gasteiger partial charge in [0.25, 0.3) is 0 Å². The van der Waals surface area contributed by atoms with Crippen molar-refractivity contribution in [1.82, 2.24) is 0 Å². The summed E-state index contributed by atoms with van der Waals surface area (Å²) in [6, 6.07) is 0. The maximum absolute atomic E-state index is 6.44. The molecule has 0 aliphatic heterocycles. The van der Waals surface area contributed by atoms with Gasteiger partial charge in [0.05, 0.1) is 0 Å². The van der Waals surface area contributed by atoms with Crippen LogP contribution in [0.25, 0.3) is 0 Å². The van der Waals surface area contributed by atoms with Gasteiger partial charge in [-0.3, -0.25) is 0 Å². The average molecular weight is 229 g/mol. The molecule has 0 aromatic carbocycles. The molecule has 1 heteroatoms. The van der Waals surface area contributed by atoms with Gasteiger partial charge in [-0.15, -0.1) is 11.6 Å². The van der Waals surface area contributed by atoms with E-state index in [1.54, 1.807) is 0 Å². The van der Waals surface area contributed by atoms with Gasteiger partial charge < -0.3 is 0 Å². The molecule has 0 aromatic rings. The summed E-state index contributed by atoms with van der Waals surface area (Å²) in [5.41, 5.74) is 0. The van der Waals surface area contributed by atoms with Crippen LogP contribution in [0.3, 0.4) is 0 Å². The van der Waals surface area contributed by atoms with Crippen LogP contribution in [0.5, 0.6) is 0 Å². The van der Waals surface area contributed by atoms with Crippen LogP contribution in [0.2, 0.25) is 0 Å². The molecule has 2 saturated carbocycles. The van der Waals surface area contributed by atoms with Crippen molar-refractivity contribution in [1.29, 1.82) is 0 Å². The fraction of sp³-hybridized carbons (Fsp3) is 1.00. The highest BCUT2D eigenvalue weighted by molar-refractivity contribution is 6.20. The zero-order chi connectivity index (χ0) is 10.7. The van der Waals surface area contributed by atoms with Gasteiger partial charge in [0.1, 0.15) is 0 Å². The van der Waals surface area contributed by atoms with Gasteiger partial charge in [-0.1, -0.05) is 39.0 Å². The van der Waals surface area contributed by atoms with Crippen molar-refractivity contribution < 1.29 is 0 Å². The Morgan fingerprint density at radius 1 is 1.00 bits per heavy atom. The summed E-state index contributed by atoms with van der Waals surface area (Å²) in [6.45, 7) is 2.42. The molecule has 0 bridgehead atoms. The van der Waals surface area contributed by atoms with Gasteiger partial charge in [0.2, 0.25) is 0 Å². The van der Waals surface area contributed by atoms with E-state index in [0.29, 0.717) is 5.38 Å². The molecule has 2 fully saturated rings. The normalized spacial score (nSPS) is 42.8. The van der Waals surface area contributed by atoms with Gasteiger partial charge in [0, 0.05) is 5.38 Å². The smallest absolute Gasteiger partial charge is 0.0364 e. The highest BCUT2D eigenvalue weighted by Gasteiger charge is 2.28. The van der Waals surface area contributed by atoms with Crippen LogP contribution in [0.15, 0.2) is 0 Å². The summed E-state index contributed by atoms with van der Waals surface area (Å²) < 4.78 is 0. The van der Waals surface area contributed by atoms with Crippen molar-refractivity contribution in [2.75, 3.05) is 0 Å². The maximum atomic E-state index is 6.44. The molecule has 2 rings (SSSR count). The second kappa shape index (κ2) is 5.57. The number of hydrogen-bond acceptors (Lipinski definition) is 0. The van der Waals surface area contributed by atoms with Crippen molar-refractivity contribution in [3.8, 4) is 0 Å². The summed E-state index contributed by atoms with van der Waals surface area (Å²) in [5, 5.41) is 0.496. The third-order valence-electron chi connectivity index (χ3n) is 4.50. The van der Waals surface area contributed by atoms with Crippen LogP contribution in [0, 0.1) is 17.8 Å². The minimum absolute atomic E-state index is 0.496. The third-order valence-corrected chi connectivity index (χ3v) is 5.07. The van der Waals surface area contributed by atoms with Crippen LogP contribution in [-0.2, 0) is 0 Å². The van der Waals surface area contributed by atoms with Crippen molar-refractivity contribution in [3.63, 3.8) is 0 Å². The van der Waals surface area contributed by atoms with E-state index in [2.05, 4.69) is 6.92 Å². The van der Waals surface area contributed by atoms with Gasteiger partial charge >= 0.3 is 0 Å². The molecule has 0 saturated heterocycles. The van der Waals surface area contributed by atoms with E-state index in [0.717, 1.165) is 17.8 Å². The minimum Gasteiger partial charge on any atom is -0.123 e. The molecule has 0 nitrogen and oxygen atoms in total. The molecule has 0 heterocycles. The molecule has 0 amide bonds. The molecular weight excluding hydrogens is 204 g/mol. The molecule has 2 aliphatic carbocycles. The SMILES string of the molecule is CC1CCCC(CC2CCCCC2Cl)C1. The summed E-state index contributed by atoms with van der Waals surface area (Å²) in [6.07, 6.45) is 12.8. The number of halogens is 1. The van der Waals surface area contributed by atoms with E-state index in [-0.39, 0.29) is 0 Å². The second-order valence-electron chi connectivity index (χ2n) is 5.93. The fourth-order valence-corrected chi connectivity index (χ4v) is 4.01. The summed E-state index contributed by atoms with van der Waals surface area (Å²) in [4.78, 5) is 0. The first-order chi connectivity index (χ1) is 7.25. The van der Waals surface area contributed by atoms with Crippen LogP contribution in [0.4, 0.5) is 0 Å². The van der Waals surface area contributed by atoms with Crippen molar-refractivity contribution in [2.45, 2.75) is 70.1 Å². The Morgan fingerprint density at radius 2 is 1.80 bits per heavy atom. The number of rotatable bonds is 2. The van der Waals surface area contributed by atoms with Gasteiger partial charge in [-0.2, -0.15) is 0 Å². The third kappa shape index (κ3) is 3.37. The Hall–Kier alpha value is 0.290. The molecule has 0 aromatic heterocycles. The Morgan fingerprint density at radius 3 is 2.53 bits per heavy atom. The zero-order valence-corrected chi connectivity index (χ0v) is 10.8. The van der Waals surface area contributed by atoms with Crippen molar-refractivity contribution in [3.05, 3.63) is 0 Å². The molecule has 0 spiro atoms. The predicted molar refractivity (Wildman–Crippen MR) is 67.3 cm³/mol. The molecule has 0 N–H and O–H groups in total. The Bertz CT molecular complexity index is 190. The number of hydrogen-bond donors (Lipinski definition) is 0. The molecule has 4 unspecified atom stereocenters. The summed E-state index contributed by atoms with van der Waals surface area (Å²) in [5.74, 6) is 2.81. The highest BCUT2D eigenvalue weighted by atomic mass is 35.5. The van der Waals surface area contributed by atoms with Crippen LogP contribution >= 0.6 is 11.6 Å². The molecule has 0 radical (unpaired) electrons. The lowest BCUT2D eigenvalue weighted by Crippen LogP contribution is -2.24. The zero-order valence-electron chi connectivity index (χ0n) is 10.1. The lowest BCUT2D eigenvalue weighted by molar-refractivity contribution is 0.215. The van der Waals surface area contributed by atoms with Gasteiger partial charge in [-0.25, -0.2) is 0 Å². The Labute approximate surface area is 99.8 Å². The Kier molecular flexibility index (Phi) is 4.37. The first-order valence-electron chi connectivity index (χ1n) is 6.89. The lowest BCUT2D eigenvalue weighted by atomic mass is 9.75. The van der Waals surface area contributed by atoms with Crippen molar-refractivity contribution in [2.24, 2.45) is 17.8 Å². The largest absolute Gasteiger partial charge is 0.123 e. The summed E-state index contributed by atoms with van der Waals surface area (Å²) in [7, 11) is 0. The molecule has 2 aliphatic rings. The van der Waals surface area contributed by atoms with Crippen molar-refractivity contribution >= 4 is 11.6 Å². The molecule has 15 heavy (non-hydrogen) atoms. The van der Waals surface area contributed by atoms with Crippen LogP contribution in [0.1, 0.15) is 64.7 Å². The second-order valence-corrected chi connectivity index (χ2v) is 6.49. The monoisotopic (exact) mass is 228 g/mol. The van der Waals surface area contributed by atoms with E-state index in [1.807, 2.05) is 0 Å². The molecule has 88 valence electrons. The quantitative estimate of drug-likeness (QED) is 0.584. The predicted octanol–water partition coefficient (Wildman–Crippen LogP) is 5.00.